The number of ether oxygens (including phenoxy) is 1. The molecule has 1 aliphatic heterocycles. The van der Waals surface area contributed by atoms with Crippen molar-refractivity contribution in [2.75, 3.05) is 32.8 Å². The van der Waals surface area contributed by atoms with Gasteiger partial charge < -0.3 is 15.0 Å². The molecule has 1 aliphatic rings. The summed E-state index contributed by atoms with van der Waals surface area (Å²) in [7, 11) is 0. The fourth-order valence-corrected chi connectivity index (χ4v) is 2.85. The van der Waals surface area contributed by atoms with Gasteiger partial charge in [-0.2, -0.15) is 0 Å². The van der Waals surface area contributed by atoms with Crippen LogP contribution in [0.2, 0.25) is 5.02 Å². The number of hydrogen-bond donors (Lipinski definition) is 1. The molecule has 0 saturated carbocycles. The van der Waals surface area contributed by atoms with E-state index in [1.165, 1.54) is 0 Å². The minimum absolute atomic E-state index is 0.0500. The van der Waals surface area contributed by atoms with Gasteiger partial charge in [-0.05, 0) is 24.1 Å². The molecule has 1 heterocycles. The molecule has 1 atom stereocenters. The molecular weight excluding hydrogens is 300 g/mol. The van der Waals surface area contributed by atoms with Crippen LogP contribution in [0.1, 0.15) is 24.4 Å². The molecule has 5 heteroatoms. The Hall–Kier alpha value is -1.36. The molecule has 22 heavy (non-hydrogen) atoms. The van der Waals surface area contributed by atoms with E-state index in [1.807, 2.05) is 29.2 Å². The number of carbonyl (C=O) groups is 1. The molecule has 1 saturated heterocycles. The van der Waals surface area contributed by atoms with Crippen molar-refractivity contribution in [2.24, 2.45) is 0 Å². The minimum atomic E-state index is 0.0500. The zero-order chi connectivity index (χ0) is 15.8. The summed E-state index contributed by atoms with van der Waals surface area (Å²) >= 11 is 6.08. The first-order valence-electron chi connectivity index (χ1n) is 7.66. The zero-order valence-electron chi connectivity index (χ0n) is 12.8. The first kappa shape index (κ1) is 17.0. The zero-order valence-corrected chi connectivity index (χ0v) is 13.5. The smallest absolute Gasteiger partial charge is 0.223 e. The largest absolute Gasteiger partial charge is 0.377 e. The number of halogens is 1. The van der Waals surface area contributed by atoms with Gasteiger partial charge in [0.05, 0.1) is 12.6 Å². The summed E-state index contributed by atoms with van der Waals surface area (Å²) in [6, 6.07) is 7.79. The SMILES string of the molecule is C=CCOCCCC(=O)N1CCNCC1c1cccc(Cl)c1. The lowest BCUT2D eigenvalue weighted by molar-refractivity contribution is -0.134. The van der Waals surface area contributed by atoms with Crippen LogP contribution in [0.3, 0.4) is 0 Å². The molecule has 1 amide bonds. The predicted octanol–water partition coefficient (Wildman–Crippen LogP) is 2.80. The first-order chi connectivity index (χ1) is 10.7. The minimum Gasteiger partial charge on any atom is -0.377 e. The second-order valence-corrected chi connectivity index (χ2v) is 5.77. The summed E-state index contributed by atoms with van der Waals surface area (Å²) in [5, 5.41) is 4.05. The fraction of sp³-hybridized carbons (Fsp3) is 0.471. The Bertz CT molecular complexity index is 507. The van der Waals surface area contributed by atoms with E-state index in [9.17, 15) is 4.79 Å². The summed E-state index contributed by atoms with van der Waals surface area (Å²) in [5.74, 6) is 0.175. The maximum atomic E-state index is 12.5. The van der Waals surface area contributed by atoms with Gasteiger partial charge in [0.25, 0.3) is 0 Å². The van der Waals surface area contributed by atoms with Crippen molar-refractivity contribution < 1.29 is 9.53 Å². The molecular formula is C17H23ClN2O2. The Morgan fingerprint density at radius 2 is 2.41 bits per heavy atom. The maximum Gasteiger partial charge on any atom is 0.223 e. The van der Waals surface area contributed by atoms with Crippen molar-refractivity contribution in [1.29, 1.82) is 0 Å². The number of nitrogens with zero attached hydrogens (tertiary/aromatic N) is 1. The van der Waals surface area contributed by atoms with E-state index in [1.54, 1.807) is 6.08 Å². The van der Waals surface area contributed by atoms with Crippen LogP contribution in [0, 0.1) is 0 Å². The molecule has 1 unspecified atom stereocenters. The number of rotatable bonds is 7. The summed E-state index contributed by atoms with van der Waals surface area (Å²) in [4.78, 5) is 14.4. The molecule has 2 rings (SSSR count). The van der Waals surface area contributed by atoms with Crippen molar-refractivity contribution in [1.82, 2.24) is 10.2 Å². The van der Waals surface area contributed by atoms with Crippen molar-refractivity contribution in [2.45, 2.75) is 18.9 Å². The second-order valence-electron chi connectivity index (χ2n) is 5.33. The molecule has 120 valence electrons. The van der Waals surface area contributed by atoms with Crippen molar-refractivity contribution in [3.8, 4) is 0 Å². The lowest BCUT2D eigenvalue weighted by Gasteiger charge is -2.36. The van der Waals surface area contributed by atoms with Crippen molar-refractivity contribution in [3.63, 3.8) is 0 Å². The average molecular weight is 323 g/mol. The third-order valence-corrected chi connectivity index (χ3v) is 3.95. The van der Waals surface area contributed by atoms with Gasteiger partial charge in [-0.3, -0.25) is 4.79 Å². The molecule has 4 nitrogen and oxygen atoms in total. The summed E-state index contributed by atoms with van der Waals surface area (Å²) < 4.78 is 5.33. The molecule has 1 aromatic rings. The van der Waals surface area contributed by atoms with Crippen LogP contribution in [-0.2, 0) is 9.53 Å². The number of amides is 1. The molecule has 0 bridgehead atoms. The number of benzene rings is 1. The van der Waals surface area contributed by atoms with Gasteiger partial charge in [0.2, 0.25) is 5.91 Å². The highest BCUT2D eigenvalue weighted by Crippen LogP contribution is 2.25. The van der Waals surface area contributed by atoms with E-state index in [-0.39, 0.29) is 11.9 Å². The Labute approximate surface area is 137 Å². The Morgan fingerprint density at radius 1 is 1.55 bits per heavy atom. The first-order valence-corrected chi connectivity index (χ1v) is 8.04. The van der Waals surface area contributed by atoms with Gasteiger partial charge in [0.15, 0.2) is 0 Å². The number of carbonyl (C=O) groups excluding carboxylic acids is 1. The molecule has 0 aliphatic carbocycles. The highest BCUT2D eigenvalue weighted by Gasteiger charge is 2.27. The van der Waals surface area contributed by atoms with Crippen LogP contribution in [0.25, 0.3) is 0 Å². The summed E-state index contributed by atoms with van der Waals surface area (Å²) in [6.45, 7) is 7.04. The molecule has 1 aromatic carbocycles. The normalized spacial score (nSPS) is 18.2. The van der Waals surface area contributed by atoms with Crippen molar-refractivity contribution >= 4 is 17.5 Å². The third kappa shape index (κ3) is 4.83. The van der Waals surface area contributed by atoms with Gasteiger partial charge in [0, 0.05) is 37.7 Å². The highest BCUT2D eigenvalue weighted by atomic mass is 35.5. The second kappa shape index (κ2) is 8.93. The van der Waals surface area contributed by atoms with Crippen LogP contribution < -0.4 is 5.32 Å². The number of nitrogens with one attached hydrogen (secondary N) is 1. The molecule has 0 aromatic heterocycles. The lowest BCUT2D eigenvalue weighted by Crippen LogP contribution is -2.48. The quantitative estimate of drug-likeness (QED) is 0.620. The van der Waals surface area contributed by atoms with Crippen LogP contribution in [0.4, 0.5) is 0 Å². The average Bonchev–Trinajstić information content (AvgIpc) is 2.54. The van der Waals surface area contributed by atoms with E-state index in [0.29, 0.717) is 24.7 Å². The lowest BCUT2D eigenvalue weighted by atomic mass is 10.0. The number of piperazine rings is 1. The summed E-state index contributed by atoms with van der Waals surface area (Å²) in [5.41, 5.74) is 1.08. The topological polar surface area (TPSA) is 41.6 Å². The monoisotopic (exact) mass is 322 g/mol. The summed E-state index contributed by atoms with van der Waals surface area (Å²) in [6.07, 6.45) is 2.96. The van der Waals surface area contributed by atoms with E-state index in [4.69, 9.17) is 16.3 Å². The van der Waals surface area contributed by atoms with Gasteiger partial charge in [-0.15, -0.1) is 6.58 Å². The Balaban J connectivity index is 1.94. The van der Waals surface area contributed by atoms with Gasteiger partial charge in [-0.25, -0.2) is 0 Å². The van der Waals surface area contributed by atoms with E-state index < -0.39 is 0 Å². The molecule has 0 radical (unpaired) electrons. The van der Waals surface area contributed by atoms with Crippen LogP contribution >= 0.6 is 11.6 Å². The van der Waals surface area contributed by atoms with Gasteiger partial charge in [0.1, 0.15) is 0 Å². The van der Waals surface area contributed by atoms with Gasteiger partial charge >= 0.3 is 0 Å². The standard InChI is InChI=1S/C17H23ClN2O2/c1-2-10-22-11-4-7-17(21)20-9-8-19-13-16(20)14-5-3-6-15(18)12-14/h2-3,5-6,12,16,19H,1,4,7-11,13H2. The molecule has 1 N–H and O–H groups in total. The Kier molecular flexibility index (Phi) is 6.90. The van der Waals surface area contributed by atoms with Gasteiger partial charge in [-0.1, -0.05) is 29.8 Å². The van der Waals surface area contributed by atoms with Crippen molar-refractivity contribution in [3.05, 3.63) is 47.5 Å². The van der Waals surface area contributed by atoms with E-state index in [2.05, 4.69) is 11.9 Å². The molecule has 1 fully saturated rings. The fourth-order valence-electron chi connectivity index (χ4n) is 2.65. The maximum absolute atomic E-state index is 12.5. The molecule has 0 spiro atoms. The van der Waals surface area contributed by atoms with Crippen LogP contribution in [-0.4, -0.2) is 43.7 Å². The number of hydrogen-bond acceptors (Lipinski definition) is 3. The Morgan fingerprint density at radius 3 is 3.18 bits per heavy atom. The highest BCUT2D eigenvalue weighted by molar-refractivity contribution is 6.30. The van der Waals surface area contributed by atoms with Crippen LogP contribution in [0.15, 0.2) is 36.9 Å². The van der Waals surface area contributed by atoms with E-state index in [0.717, 1.165) is 31.6 Å². The van der Waals surface area contributed by atoms with Crippen LogP contribution in [0.5, 0.6) is 0 Å². The third-order valence-electron chi connectivity index (χ3n) is 3.71. The van der Waals surface area contributed by atoms with E-state index >= 15 is 0 Å². The predicted molar refractivity (Wildman–Crippen MR) is 89.0 cm³/mol.